The van der Waals surface area contributed by atoms with Crippen LogP contribution in [0.1, 0.15) is 38.2 Å². The van der Waals surface area contributed by atoms with Gasteiger partial charge in [-0.2, -0.15) is 0 Å². The lowest BCUT2D eigenvalue weighted by Crippen LogP contribution is -2.34. The van der Waals surface area contributed by atoms with Crippen LogP contribution in [0.2, 0.25) is 0 Å². The average Bonchev–Trinajstić information content (AvgIpc) is 2.53. The number of aryl methyl sites for hydroxylation is 1. The summed E-state index contributed by atoms with van der Waals surface area (Å²) in [6, 6.07) is 10.1. The molecule has 1 aliphatic heterocycles. The molecule has 0 saturated carbocycles. The van der Waals surface area contributed by atoms with Crippen LogP contribution in [0.4, 0.5) is 0 Å². The Bertz CT molecular complexity index is 412. The van der Waals surface area contributed by atoms with Gasteiger partial charge >= 0.3 is 5.97 Å². The topological polar surface area (TPSA) is 44.8 Å². The van der Waals surface area contributed by atoms with Gasteiger partial charge in [-0.1, -0.05) is 30.3 Å². The molecule has 0 N–H and O–H groups in total. The van der Waals surface area contributed by atoms with Gasteiger partial charge in [0.2, 0.25) is 0 Å². The highest BCUT2D eigenvalue weighted by atomic mass is 16.7. The normalized spacial score (nSPS) is 20.0. The van der Waals surface area contributed by atoms with Gasteiger partial charge < -0.3 is 14.2 Å². The van der Waals surface area contributed by atoms with Crippen LogP contribution < -0.4 is 0 Å². The second-order valence-electron chi connectivity index (χ2n) is 5.20. The van der Waals surface area contributed by atoms with E-state index in [1.54, 1.807) is 0 Å². The Labute approximate surface area is 126 Å². The Kier molecular flexibility index (Phi) is 6.70. The van der Waals surface area contributed by atoms with E-state index >= 15 is 0 Å². The zero-order chi connectivity index (χ0) is 14.9. The summed E-state index contributed by atoms with van der Waals surface area (Å²) in [5, 5.41) is 0. The summed E-state index contributed by atoms with van der Waals surface area (Å²) in [4.78, 5) is 12.0. The van der Waals surface area contributed by atoms with Crippen LogP contribution in [-0.4, -0.2) is 31.6 Å². The molecule has 2 atom stereocenters. The third-order valence-electron chi connectivity index (χ3n) is 3.54. The van der Waals surface area contributed by atoms with Gasteiger partial charge in [0.05, 0.1) is 6.61 Å². The molecule has 2 rings (SSSR count). The van der Waals surface area contributed by atoms with Crippen LogP contribution in [0.3, 0.4) is 0 Å². The predicted octanol–water partition coefficient (Wildman–Crippen LogP) is 3.09. The zero-order valence-corrected chi connectivity index (χ0v) is 12.6. The molecule has 1 unspecified atom stereocenters. The molecule has 1 heterocycles. The van der Waals surface area contributed by atoms with Crippen molar-refractivity contribution in [3.8, 4) is 0 Å². The van der Waals surface area contributed by atoms with Gasteiger partial charge in [-0.15, -0.1) is 0 Å². The first-order valence-electron chi connectivity index (χ1n) is 7.77. The van der Waals surface area contributed by atoms with Crippen LogP contribution in [-0.2, 0) is 25.4 Å². The van der Waals surface area contributed by atoms with E-state index in [1.807, 2.05) is 25.1 Å². The standard InChI is InChI=1S/C17H24O4/c1-2-19-17(18)15(21-16-10-6-7-13-20-16)12-11-14-8-4-3-5-9-14/h3-5,8-9,15-16H,2,6-7,10-13H2,1H3/t15-,16?/m0/s1. The highest BCUT2D eigenvalue weighted by Gasteiger charge is 2.26. The fourth-order valence-corrected chi connectivity index (χ4v) is 2.42. The Morgan fingerprint density at radius 3 is 2.81 bits per heavy atom. The summed E-state index contributed by atoms with van der Waals surface area (Å²) in [5.74, 6) is -0.289. The van der Waals surface area contributed by atoms with Crippen molar-refractivity contribution in [2.24, 2.45) is 0 Å². The molecular formula is C17H24O4. The van der Waals surface area contributed by atoms with Crippen molar-refractivity contribution in [1.82, 2.24) is 0 Å². The lowest BCUT2D eigenvalue weighted by molar-refractivity contribution is -0.204. The summed E-state index contributed by atoms with van der Waals surface area (Å²) in [6.07, 6.45) is 3.57. The van der Waals surface area contributed by atoms with Gasteiger partial charge in [-0.3, -0.25) is 0 Å². The monoisotopic (exact) mass is 292 g/mol. The third kappa shape index (κ3) is 5.48. The molecule has 0 bridgehead atoms. The molecule has 1 saturated heterocycles. The highest BCUT2D eigenvalue weighted by Crippen LogP contribution is 2.18. The number of rotatable bonds is 7. The van der Waals surface area contributed by atoms with Crippen molar-refractivity contribution in [2.45, 2.75) is 51.4 Å². The minimum atomic E-state index is -0.548. The summed E-state index contributed by atoms with van der Waals surface area (Å²) < 4.78 is 16.5. The van der Waals surface area contributed by atoms with Crippen molar-refractivity contribution in [1.29, 1.82) is 0 Å². The maximum atomic E-state index is 12.0. The summed E-state index contributed by atoms with van der Waals surface area (Å²) in [5.41, 5.74) is 1.19. The second-order valence-corrected chi connectivity index (χ2v) is 5.20. The van der Waals surface area contributed by atoms with Crippen LogP contribution in [0, 0.1) is 0 Å². The molecule has 0 amide bonds. The van der Waals surface area contributed by atoms with Gasteiger partial charge in [-0.05, 0) is 44.6 Å². The molecule has 4 heteroatoms. The fourth-order valence-electron chi connectivity index (χ4n) is 2.42. The summed E-state index contributed by atoms with van der Waals surface area (Å²) >= 11 is 0. The number of ether oxygens (including phenoxy) is 3. The first kappa shape index (κ1) is 16.0. The maximum Gasteiger partial charge on any atom is 0.335 e. The molecule has 0 aromatic heterocycles. The molecule has 1 aliphatic rings. The van der Waals surface area contributed by atoms with Crippen LogP contribution in [0.25, 0.3) is 0 Å². The summed E-state index contributed by atoms with van der Waals surface area (Å²) in [7, 11) is 0. The largest absolute Gasteiger partial charge is 0.464 e. The third-order valence-corrected chi connectivity index (χ3v) is 3.54. The lowest BCUT2D eigenvalue weighted by Gasteiger charge is -2.26. The molecule has 1 aromatic rings. The van der Waals surface area contributed by atoms with E-state index in [-0.39, 0.29) is 12.3 Å². The van der Waals surface area contributed by atoms with E-state index in [0.29, 0.717) is 19.6 Å². The quantitative estimate of drug-likeness (QED) is 0.724. The van der Waals surface area contributed by atoms with Crippen molar-refractivity contribution < 1.29 is 19.0 Å². The van der Waals surface area contributed by atoms with Gasteiger partial charge in [-0.25, -0.2) is 4.79 Å². The van der Waals surface area contributed by atoms with E-state index in [4.69, 9.17) is 14.2 Å². The predicted molar refractivity (Wildman–Crippen MR) is 79.9 cm³/mol. The molecule has 4 nitrogen and oxygen atoms in total. The number of carbonyl (C=O) groups excluding carboxylic acids is 1. The molecule has 116 valence electrons. The summed E-state index contributed by atoms with van der Waals surface area (Å²) in [6.45, 7) is 2.89. The lowest BCUT2D eigenvalue weighted by atomic mass is 10.1. The number of esters is 1. The van der Waals surface area contributed by atoms with Crippen molar-refractivity contribution in [2.75, 3.05) is 13.2 Å². The minimum absolute atomic E-state index is 0.274. The molecule has 0 spiro atoms. The first-order chi connectivity index (χ1) is 10.3. The van der Waals surface area contributed by atoms with Crippen molar-refractivity contribution in [3.63, 3.8) is 0 Å². The molecule has 1 aromatic carbocycles. The highest BCUT2D eigenvalue weighted by molar-refractivity contribution is 5.74. The number of hydrogen-bond acceptors (Lipinski definition) is 4. The van der Waals surface area contributed by atoms with E-state index in [1.165, 1.54) is 5.56 Å². The molecule has 1 fully saturated rings. The average molecular weight is 292 g/mol. The SMILES string of the molecule is CCOC(=O)[C@H](CCc1ccccc1)OC1CCCCO1. The van der Waals surface area contributed by atoms with Gasteiger partial charge in [0.1, 0.15) is 0 Å². The van der Waals surface area contributed by atoms with Gasteiger partial charge in [0, 0.05) is 6.61 Å². The zero-order valence-electron chi connectivity index (χ0n) is 12.6. The van der Waals surface area contributed by atoms with Crippen molar-refractivity contribution in [3.05, 3.63) is 35.9 Å². The van der Waals surface area contributed by atoms with E-state index < -0.39 is 6.10 Å². The Morgan fingerprint density at radius 1 is 1.33 bits per heavy atom. The number of benzene rings is 1. The molecule has 0 aliphatic carbocycles. The molecule has 0 radical (unpaired) electrons. The minimum Gasteiger partial charge on any atom is -0.464 e. The fraction of sp³-hybridized carbons (Fsp3) is 0.588. The Hall–Kier alpha value is -1.39. The van der Waals surface area contributed by atoms with Crippen molar-refractivity contribution >= 4 is 5.97 Å². The smallest absolute Gasteiger partial charge is 0.335 e. The van der Waals surface area contributed by atoms with E-state index in [0.717, 1.165) is 25.7 Å². The molecular weight excluding hydrogens is 268 g/mol. The number of carbonyl (C=O) groups is 1. The number of hydrogen-bond donors (Lipinski definition) is 0. The van der Waals surface area contributed by atoms with Crippen LogP contribution in [0.15, 0.2) is 30.3 Å². The Morgan fingerprint density at radius 2 is 2.14 bits per heavy atom. The van der Waals surface area contributed by atoms with E-state index in [9.17, 15) is 4.79 Å². The first-order valence-corrected chi connectivity index (χ1v) is 7.77. The van der Waals surface area contributed by atoms with E-state index in [2.05, 4.69) is 12.1 Å². The van der Waals surface area contributed by atoms with Gasteiger partial charge in [0.15, 0.2) is 12.4 Å². The van der Waals surface area contributed by atoms with Crippen LogP contribution >= 0.6 is 0 Å². The van der Waals surface area contributed by atoms with Crippen LogP contribution in [0.5, 0.6) is 0 Å². The Balaban J connectivity index is 1.89. The van der Waals surface area contributed by atoms with Gasteiger partial charge in [0.25, 0.3) is 0 Å². The maximum absolute atomic E-state index is 12.0. The molecule has 21 heavy (non-hydrogen) atoms. The second kappa shape index (κ2) is 8.80.